The van der Waals surface area contributed by atoms with Crippen molar-refractivity contribution in [2.24, 2.45) is 0 Å². The van der Waals surface area contributed by atoms with E-state index in [1.807, 2.05) is 6.19 Å². The normalized spacial score (nSPS) is 20.2. The summed E-state index contributed by atoms with van der Waals surface area (Å²) in [5.41, 5.74) is 0.301. The van der Waals surface area contributed by atoms with Crippen LogP contribution in [0.1, 0.15) is 12.8 Å². The molecule has 1 N–H and O–H groups in total. The molecule has 1 aliphatic carbocycles. The molecular formula is C7H13N3. The first-order valence-corrected chi connectivity index (χ1v) is 3.51. The number of hydrogen-bond acceptors (Lipinski definition) is 3. The maximum Gasteiger partial charge on any atom is 0.176 e. The van der Waals surface area contributed by atoms with Gasteiger partial charge in [0.25, 0.3) is 0 Å². The molecule has 1 aliphatic rings. The maximum absolute atomic E-state index is 8.26. The zero-order chi connectivity index (χ0) is 7.61. The van der Waals surface area contributed by atoms with E-state index in [4.69, 9.17) is 5.26 Å². The molecule has 3 nitrogen and oxygen atoms in total. The summed E-state index contributed by atoms with van der Waals surface area (Å²) in [6, 6.07) is 0. The van der Waals surface area contributed by atoms with Crippen LogP contribution >= 0.6 is 0 Å². The molecule has 0 saturated heterocycles. The van der Waals surface area contributed by atoms with E-state index in [-0.39, 0.29) is 0 Å². The zero-order valence-corrected chi connectivity index (χ0v) is 6.52. The molecular weight excluding hydrogens is 126 g/mol. The summed E-state index contributed by atoms with van der Waals surface area (Å²) in [6.07, 6.45) is 4.38. The molecule has 0 aliphatic heterocycles. The molecule has 0 radical (unpaired) electrons. The third-order valence-corrected chi connectivity index (χ3v) is 2.27. The fraction of sp³-hybridized carbons (Fsp3) is 0.857. The highest BCUT2D eigenvalue weighted by Gasteiger charge is 2.44. The average Bonchev–Trinajstić information content (AvgIpc) is 2.64. The number of rotatable bonds is 3. The lowest BCUT2D eigenvalue weighted by molar-refractivity contribution is 0.270. The summed E-state index contributed by atoms with van der Waals surface area (Å²) in [5.74, 6) is 0. The number of hydrogen-bond donors (Lipinski definition) is 1. The van der Waals surface area contributed by atoms with Crippen LogP contribution in [-0.4, -0.2) is 31.1 Å². The molecule has 3 heteroatoms. The van der Waals surface area contributed by atoms with Crippen molar-refractivity contribution in [3.05, 3.63) is 0 Å². The van der Waals surface area contributed by atoms with Crippen LogP contribution in [0.25, 0.3) is 0 Å². The summed E-state index contributed by atoms with van der Waals surface area (Å²) in [4.78, 5) is 2.19. The van der Waals surface area contributed by atoms with Gasteiger partial charge in [0, 0.05) is 12.1 Å². The topological polar surface area (TPSA) is 39.1 Å². The Kier molecular flexibility index (Phi) is 1.82. The lowest BCUT2D eigenvalue weighted by Crippen LogP contribution is -2.38. The molecule has 1 saturated carbocycles. The van der Waals surface area contributed by atoms with Crippen molar-refractivity contribution in [2.45, 2.75) is 18.4 Å². The molecule has 1 fully saturated rings. The van der Waals surface area contributed by atoms with Crippen LogP contribution in [0.4, 0.5) is 0 Å². The minimum atomic E-state index is 0.301. The van der Waals surface area contributed by atoms with Crippen molar-refractivity contribution in [1.29, 1.82) is 5.26 Å². The van der Waals surface area contributed by atoms with Gasteiger partial charge in [0.1, 0.15) is 0 Å². The molecule has 0 atom stereocenters. The van der Waals surface area contributed by atoms with Crippen molar-refractivity contribution in [3.63, 3.8) is 0 Å². The van der Waals surface area contributed by atoms with Crippen LogP contribution in [-0.2, 0) is 0 Å². The van der Waals surface area contributed by atoms with Gasteiger partial charge in [-0.1, -0.05) is 0 Å². The highest BCUT2D eigenvalue weighted by atomic mass is 15.2. The van der Waals surface area contributed by atoms with Gasteiger partial charge < -0.3 is 10.2 Å². The van der Waals surface area contributed by atoms with Gasteiger partial charge in [0.15, 0.2) is 6.19 Å². The van der Waals surface area contributed by atoms with Gasteiger partial charge >= 0.3 is 0 Å². The summed E-state index contributed by atoms with van der Waals surface area (Å²) in [7, 11) is 4.12. The molecule has 0 unspecified atom stereocenters. The Bertz CT molecular complexity index is 153. The van der Waals surface area contributed by atoms with E-state index in [0.717, 1.165) is 6.54 Å². The standard InChI is InChI=1S/C7H13N3/c1-10(2)7(3-4-7)5-9-6-8/h9H,3-5H2,1-2H3. The van der Waals surface area contributed by atoms with Crippen molar-refractivity contribution >= 4 is 0 Å². The second-order valence-corrected chi connectivity index (χ2v) is 3.08. The Morgan fingerprint density at radius 2 is 2.20 bits per heavy atom. The third kappa shape index (κ3) is 1.22. The van der Waals surface area contributed by atoms with Crippen LogP contribution < -0.4 is 5.32 Å². The van der Waals surface area contributed by atoms with E-state index in [2.05, 4.69) is 24.3 Å². The fourth-order valence-corrected chi connectivity index (χ4v) is 1.13. The molecule has 0 aromatic heterocycles. The minimum Gasteiger partial charge on any atom is -0.322 e. The lowest BCUT2D eigenvalue weighted by atomic mass is 10.2. The van der Waals surface area contributed by atoms with Crippen molar-refractivity contribution in [1.82, 2.24) is 10.2 Å². The van der Waals surface area contributed by atoms with E-state index >= 15 is 0 Å². The molecule has 10 heavy (non-hydrogen) atoms. The van der Waals surface area contributed by atoms with Crippen LogP contribution in [0.5, 0.6) is 0 Å². The van der Waals surface area contributed by atoms with E-state index < -0.39 is 0 Å². The van der Waals surface area contributed by atoms with E-state index in [1.54, 1.807) is 0 Å². The molecule has 0 spiro atoms. The fourth-order valence-electron chi connectivity index (χ4n) is 1.13. The first kappa shape index (κ1) is 7.36. The third-order valence-electron chi connectivity index (χ3n) is 2.27. The molecule has 0 aromatic carbocycles. The van der Waals surface area contributed by atoms with Gasteiger partial charge in [-0.3, -0.25) is 0 Å². The lowest BCUT2D eigenvalue weighted by Gasteiger charge is -2.22. The number of nitriles is 1. The Hall–Kier alpha value is -0.750. The number of likely N-dealkylation sites (N-methyl/N-ethyl adjacent to an activating group) is 1. The molecule has 0 aromatic rings. The minimum absolute atomic E-state index is 0.301. The van der Waals surface area contributed by atoms with E-state index in [1.165, 1.54) is 12.8 Å². The summed E-state index contributed by atoms with van der Waals surface area (Å²) in [6.45, 7) is 0.802. The predicted molar refractivity (Wildman–Crippen MR) is 39.3 cm³/mol. The first-order valence-electron chi connectivity index (χ1n) is 3.51. The number of nitrogens with one attached hydrogen (secondary N) is 1. The molecule has 0 amide bonds. The van der Waals surface area contributed by atoms with E-state index in [0.29, 0.717) is 5.54 Å². The monoisotopic (exact) mass is 139 g/mol. The summed E-state index contributed by atoms with van der Waals surface area (Å²) < 4.78 is 0. The Morgan fingerprint density at radius 1 is 1.60 bits per heavy atom. The van der Waals surface area contributed by atoms with Crippen molar-refractivity contribution in [2.75, 3.05) is 20.6 Å². The molecule has 1 rings (SSSR count). The smallest absolute Gasteiger partial charge is 0.176 e. The first-order chi connectivity index (χ1) is 4.71. The van der Waals surface area contributed by atoms with Crippen molar-refractivity contribution < 1.29 is 0 Å². The van der Waals surface area contributed by atoms with Crippen LogP contribution in [0, 0.1) is 11.5 Å². The largest absolute Gasteiger partial charge is 0.322 e. The van der Waals surface area contributed by atoms with E-state index in [9.17, 15) is 0 Å². The van der Waals surface area contributed by atoms with Crippen LogP contribution in [0.15, 0.2) is 0 Å². The second-order valence-electron chi connectivity index (χ2n) is 3.08. The van der Waals surface area contributed by atoms with Crippen LogP contribution in [0.2, 0.25) is 0 Å². The highest BCUT2D eigenvalue weighted by Crippen LogP contribution is 2.38. The molecule has 0 bridgehead atoms. The molecule has 56 valence electrons. The maximum atomic E-state index is 8.26. The second kappa shape index (κ2) is 2.47. The summed E-state index contributed by atoms with van der Waals surface area (Å²) in [5, 5.41) is 11.0. The Morgan fingerprint density at radius 3 is 2.50 bits per heavy atom. The van der Waals surface area contributed by atoms with Gasteiger partial charge in [-0.25, -0.2) is 0 Å². The molecule has 0 heterocycles. The van der Waals surface area contributed by atoms with Gasteiger partial charge in [0.05, 0.1) is 0 Å². The highest BCUT2D eigenvalue weighted by molar-refractivity contribution is 5.04. The van der Waals surface area contributed by atoms with Crippen LogP contribution in [0.3, 0.4) is 0 Å². The zero-order valence-electron chi connectivity index (χ0n) is 6.52. The average molecular weight is 139 g/mol. The van der Waals surface area contributed by atoms with Gasteiger partial charge in [-0.05, 0) is 26.9 Å². The Labute approximate surface area is 61.6 Å². The SMILES string of the molecule is CN(C)C1(CNC#N)CC1. The van der Waals surface area contributed by atoms with Gasteiger partial charge in [0.2, 0.25) is 0 Å². The van der Waals surface area contributed by atoms with Crippen molar-refractivity contribution in [3.8, 4) is 6.19 Å². The number of nitrogens with zero attached hydrogens (tertiary/aromatic N) is 2. The quantitative estimate of drug-likeness (QED) is 0.447. The Balaban J connectivity index is 2.32. The van der Waals surface area contributed by atoms with Gasteiger partial charge in [-0.2, -0.15) is 5.26 Å². The summed E-state index contributed by atoms with van der Waals surface area (Å²) >= 11 is 0. The van der Waals surface area contributed by atoms with Gasteiger partial charge in [-0.15, -0.1) is 0 Å². The predicted octanol–water partition coefficient (Wildman–Crippen LogP) is 0.151.